The first-order chi connectivity index (χ1) is 18.8. The summed E-state index contributed by atoms with van der Waals surface area (Å²) in [4.78, 5) is 37.7. The molecule has 0 radical (unpaired) electrons. The smallest absolute Gasteiger partial charge is 0.338 e. The average Bonchev–Trinajstić information content (AvgIpc) is 3.27. The van der Waals surface area contributed by atoms with Gasteiger partial charge in [0.15, 0.2) is 12.4 Å². The minimum atomic E-state index is -4.01. The molecule has 0 atom stereocenters. The first kappa shape index (κ1) is 24.6. The lowest BCUT2D eigenvalue weighted by Crippen LogP contribution is -2.22. The van der Waals surface area contributed by atoms with Gasteiger partial charge in [0.25, 0.3) is 5.91 Å². The molecule has 1 aromatic heterocycles. The molecule has 1 N–H and O–H groups in total. The number of nitrogens with zero attached hydrogens (tertiary/aromatic N) is 1. The molecular weight excluding hydrogens is 516 g/mol. The number of hydrogen-bond acceptors (Lipinski definition) is 6. The van der Waals surface area contributed by atoms with Crippen LogP contribution in [0.25, 0.3) is 21.8 Å². The van der Waals surface area contributed by atoms with Crippen molar-refractivity contribution in [2.75, 3.05) is 11.9 Å². The van der Waals surface area contributed by atoms with E-state index in [2.05, 4.69) is 22.9 Å². The highest BCUT2D eigenvalue weighted by molar-refractivity contribution is 7.91. The number of carbonyl (C=O) groups excluding carboxylic acids is 3. The Hall–Kier alpha value is -4.76. The first-order valence-electron chi connectivity index (χ1n) is 12.3. The van der Waals surface area contributed by atoms with Gasteiger partial charge in [0.1, 0.15) is 0 Å². The molecule has 1 aliphatic heterocycles. The number of benzene rings is 4. The van der Waals surface area contributed by atoms with Gasteiger partial charge in [-0.15, -0.1) is 0 Å². The highest BCUT2D eigenvalue weighted by Gasteiger charge is 2.35. The van der Waals surface area contributed by atoms with E-state index in [9.17, 15) is 22.8 Å². The summed E-state index contributed by atoms with van der Waals surface area (Å²) in [6.07, 6.45) is 0. The lowest BCUT2D eigenvalue weighted by atomic mass is 10.0. The number of aromatic nitrogens is 1. The van der Waals surface area contributed by atoms with Crippen LogP contribution in [-0.2, 0) is 25.9 Å². The van der Waals surface area contributed by atoms with Crippen LogP contribution < -0.4 is 5.32 Å². The zero-order chi connectivity index (χ0) is 27.3. The number of fused-ring (bicyclic) bond motifs is 5. The monoisotopic (exact) mass is 538 g/mol. The molecule has 0 spiro atoms. The molecule has 0 aliphatic carbocycles. The second-order valence-electron chi connectivity index (χ2n) is 9.16. The number of amides is 1. The predicted molar refractivity (Wildman–Crippen MR) is 146 cm³/mol. The summed E-state index contributed by atoms with van der Waals surface area (Å²) in [7, 11) is -4.01. The van der Waals surface area contributed by atoms with Crippen molar-refractivity contribution in [3.8, 4) is 0 Å². The molecule has 6 rings (SSSR count). The molecule has 0 saturated heterocycles. The lowest BCUT2D eigenvalue weighted by molar-refractivity contribution is -0.119. The van der Waals surface area contributed by atoms with Crippen molar-refractivity contribution in [1.82, 2.24) is 4.57 Å². The third-order valence-electron chi connectivity index (χ3n) is 6.88. The van der Waals surface area contributed by atoms with E-state index >= 15 is 0 Å². The van der Waals surface area contributed by atoms with E-state index in [1.54, 1.807) is 12.1 Å². The van der Waals surface area contributed by atoms with Gasteiger partial charge >= 0.3 is 5.97 Å². The molecule has 1 aliphatic rings. The standard InChI is InChI=1S/C30H22N2O6S/c1-2-32-24-9-5-3-7-20(24)23-16-19(12-14-25(23)32)31-28(33)17-38-30(35)18-11-13-22-27(15-18)39(36,37)26-10-6-4-8-21(26)29(22)34/h3-16H,2,17H2,1H3,(H,31,33). The Morgan fingerprint density at radius 1 is 0.821 bits per heavy atom. The number of para-hydroxylation sites is 1. The third-order valence-corrected chi connectivity index (χ3v) is 8.73. The van der Waals surface area contributed by atoms with Crippen LogP contribution in [0, 0.1) is 0 Å². The van der Waals surface area contributed by atoms with Crippen LogP contribution in [0.4, 0.5) is 5.69 Å². The highest BCUT2D eigenvalue weighted by atomic mass is 32.2. The van der Waals surface area contributed by atoms with E-state index in [-0.39, 0.29) is 26.5 Å². The van der Waals surface area contributed by atoms with Gasteiger partial charge in [-0.05, 0) is 61.5 Å². The van der Waals surface area contributed by atoms with Crippen LogP contribution in [0.2, 0.25) is 0 Å². The van der Waals surface area contributed by atoms with E-state index in [1.807, 2.05) is 30.3 Å². The Morgan fingerprint density at radius 2 is 1.54 bits per heavy atom. The molecule has 9 heteroatoms. The molecule has 2 heterocycles. The van der Waals surface area contributed by atoms with Crippen molar-refractivity contribution in [3.63, 3.8) is 0 Å². The summed E-state index contributed by atoms with van der Waals surface area (Å²) in [6.45, 7) is 2.31. The lowest BCUT2D eigenvalue weighted by Gasteiger charge is -2.19. The molecule has 0 bridgehead atoms. The number of ether oxygens (including phenoxy) is 1. The number of sulfone groups is 1. The minimum absolute atomic E-state index is 0.0113. The predicted octanol–water partition coefficient (Wildman–Crippen LogP) is 4.99. The summed E-state index contributed by atoms with van der Waals surface area (Å²) in [5.74, 6) is -1.86. The Labute approximate surface area is 223 Å². The van der Waals surface area contributed by atoms with Gasteiger partial charge in [-0.3, -0.25) is 9.59 Å². The Morgan fingerprint density at radius 3 is 2.36 bits per heavy atom. The number of carbonyl (C=O) groups is 3. The summed E-state index contributed by atoms with van der Waals surface area (Å²) in [5.41, 5.74) is 2.71. The number of hydrogen-bond donors (Lipinski definition) is 1. The Kier molecular flexibility index (Phi) is 5.80. The van der Waals surface area contributed by atoms with Crippen molar-refractivity contribution in [3.05, 3.63) is 102 Å². The second-order valence-corrected chi connectivity index (χ2v) is 11.0. The van der Waals surface area contributed by atoms with Crippen LogP contribution in [0.15, 0.2) is 94.7 Å². The summed E-state index contributed by atoms with van der Waals surface area (Å²) in [6, 6.07) is 23.3. The van der Waals surface area contributed by atoms with Crippen molar-refractivity contribution in [2.24, 2.45) is 0 Å². The van der Waals surface area contributed by atoms with Gasteiger partial charge < -0.3 is 14.6 Å². The second kappa shape index (κ2) is 9.21. The SMILES string of the molecule is CCn1c2ccccc2c2cc(NC(=O)COC(=O)c3ccc4c(c3)S(=O)(=O)c3ccccc3C4=O)ccc21. The largest absolute Gasteiger partial charge is 0.452 e. The molecule has 0 saturated carbocycles. The fraction of sp³-hybridized carbons (Fsp3) is 0.100. The van der Waals surface area contributed by atoms with E-state index in [4.69, 9.17) is 4.74 Å². The fourth-order valence-electron chi connectivity index (χ4n) is 5.09. The molecule has 0 unspecified atom stereocenters. The fourth-order valence-corrected chi connectivity index (χ4v) is 6.77. The van der Waals surface area contributed by atoms with Crippen LogP contribution in [-0.4, -0.2) is 37.3 Å². The number of rotatable bonds is 5. The molecule has 5 aromatic rings. The maximum atomic E-state index is 13.1. The summed E-state index contributed by atoms with van der Waals surface area (Å²) < 4.78 is 33.6. The van der Waals surface area contributed by atoms with Gasteiger partial charge in [-0.2, -0.15) is 0 Å². The van der Waals surface area contributed by atoms with Crippen LogP contribution in [0.1, 0.15) is 33.2 Å². The Balaban J connectivity index is 1.19. The number of aryl methyl sites for hydroxylation is 1. The molecule has 194 valence electrons. The topological polar surface area (TPSA) is 112 Å². The normalized spacial score (nSPS) is 13.6. The van der Waals surface area contributed by atoms with Crippen molar-refractivity contribution in [1.29, 1.82) is 0 Å². The zero-order valence-corrected chi connectivity index (χ0v) is 21.6. The van der Waals surface area contributed by atoms with E-state index in [1.165, 1.54) is 30.3 Å². The number of nitrogens with one attached hydrogen (secondary N) is 1. The van der Waals surface area contributed by atoms with E-state index < -0.39 is 34.1 Å². The van der Waals surface area contributed by atoms with Crippen molar-refractivity contribution >= 4 is 55.0 Å². The molecule has 39 heavy (non-hydrogen) atoms. The third kappa shape index (κ3) is 3.98. The summed E-state index contributed by atoms with van der Waals surface area (Å²) in [5, 5.41) is 4.81. The molecule has 4 aromatic carbocycles. The van der Waals surface area contributed by atoms with Crippen LogP contribution in [0.5, 0.6) is 0 Å². The molecule has 8 nitrogen and oxygen atoms in total. The number of ketones is 1. The quantitative estimate of drug-likeness (QED) is 0.310. The minimum Gasteiger partial charge on any atom is -0.452 e. The average molecular weight is 539 g/mol. The van der Waals surface area contributed by atoms with Gasteiger partial charge in [0.05, 0.1) is 15.4 Å². The Bertz CT molecular complexity index is 1960. The number of anilines is 1. The molecule has 1 amide bonds. The maximum absolute atomic E-state index is 13.1. The van der Waals surface area contributed by atoms with Crippen molar-refractivity contribution < 1.29 is 27.5 Å². The van der Waals surface area contributed by atoms with Crippen LogP contribution in [0.3, 0.4) is 0 Å². The van der Waals surface area contributed by atoms with Crippen LogP contribution >= 0.6 is 0 Å². The summed E-state index contributed by atoms with van der Waals surface area (Å²) >= 11 is 0. The number of esters is 1. The zero-order valence-electron chi connectivity index (χ0n) is 20.8. The highest BCUT2D eigenvalue weighted by Crippen LogP contribution is 2.35. The van der Waals surface area contributed by atoms with Crippen molar-refractivity contribution in [2.45, 2.75) is 23.3 Å². The molecule has 0 fully saturated rings. The van der Waals surface area contributed by atoms with E-state index in [0.29, 0.717) is 5.69 Å². The van der Waals surface area contributed by atoms with Gasteiger partial charge in [-0.25, -0.2) is 13.2 Å². The van der Waals surface area contributed by atoms with Gasteiger partial charge in [0, 0.05) is 45.2 Å². The van der Waals surface area contributed by atoms with Gasteiger partial charge in [0.2, 0.25) is 9.84 Å². The van der Waals surface area contributed by atoms with Gasteiger partial charge in [-0.1, -0.05) is 30.3 Å². The molecular formula is C30H22N2O6S. The first-order valence-corrected chi connectivity index (χ1v) is 13.8. The van der Waals surface area contributed by atoms with E-state index in [0.717, 1.165) is 34.4 Å². The maximum Gasteiger partial charge on any atom is 0.338 e.